The van der Waals surface area contributed by atoms with Crippen molar-refractivity contribution in [3.05, 3.63) is 59.3 Å². The first kappa shape index (κ1) is 22.5. The van der Waals surface area contributed by atoms with E-state index in [9.17, 15) is 9.59 Å². The van der Waals surface area contributed by atoms with Crippen molar-refractivity contribution < 1.29 is 23.8 Å². The summed E-state index contributed by atoms with van der Waals surface area (Å²) in [5.74, 6) is 0.0829. The molecule has 3 aliphatic rings. The molecule has 0 spiro atoms. The fraction of sp³-hybridized carbons (Fsp3) is 0.321. The molecule has 0 amide bonds. The first-order chi connectivity index (χ1) is 17.6. The van der Waals surface area contributed by atoms with E-state index in [1.54, 1.807) is 13.2 Å². The lowest BCUT2D eigenvalue weighted by atomic mass is 9.88. The lowest BCUT2D eigenvalue weighted by molar-refractivity contribution is -0.155. The van der Waals surface area contributed by atoms with Crippen molar-refractivity contribution in [3.63, 3.8) is 0 Å². The number of hydrogen-bond donors (Lipinski definition) is 0. The molecule has 1 fully saturated rings. The minimum atomic E-state index is -1.05. The second-order valence-electron chi connectivity index (χ2n) is 9.17. The number of fused-ring (bicyclic) bond motifs is 1. The summed E-state index contributed by atoms with van der Waals surface area (Å²) in [6, 6.07) is 11.4. The molecule has 0 saturated carbocycles. The molecule has 3 aromatic rings. The Bertz CT molecular complexity index is 1420. The number of likely N-dealkylation sites (N-methyl/N-ethyl adjacent to an activating group) is 1. The predicted octanol–water partition coefficient (Wildman–Crippen LogP) is 3.59. The fourth-order valence-corrected chi connectivity index (χ4v) is 5.32. The second kappa shape index (κ2) is 8.95. The van der Waals surface area contributed by atoms with Gasteiger partial charge in [-0.05, 0) is 48.7 Å². The number of aromatic nitrogens is 1. The number of hydrogen-bond acceptors (Lipinski definition) is 8. The molecule has 1 aromatic heterocycles. The molecule has 0 unspecified atom stereocenters. The van der Waals surface area contributed by atoms with Gasteiger partial charge in [0.1, 0.15) is 23.0 Å². The Hall–Kier alpha value is -3.91. The highest BCUT2D eigenvalue weighted by atomic mass is 16.6. The number of allylic oxidation sites excluding steroid dienone is 1. The van der Waals surface area contributed by atoms with Crippen LogP contribution < -0.4 is 19.1 Å². The maximum Gasteiger partial charge on any atom is 0.423 e. The first-order valence-electron chi connectivity index (χ1n) is 12.3. The molecular weight excluding hydrogens is 458 g/mol. The van der Waals surface area contributed by atoms with Gasteiger partial charge in [-0.2, -0.15) is 0 Å². The summed E-state index contributed by atoms with van der Waals surface area (Å²) in [5, 5.41) is 1.39. The van der Waals surface area contributed by atoms with Crippen LogP contribution in [0.5, 0.6) is 17.2 Å². The third kappa shape index (κ3) is 3.69. The van der Waals surface area contributed by atoms with Gasteiger partial charge < -0.3 is 24.0 Å². The van der Waals surface area contributed by atoms with Crippen molar-refractivity contribution in [2.45, 2.75) is 19.8 Å². The predicted molar refractivity (Wildman–Crippen MR) is 136 cm³/mol. The van der Waals surface area contributed by atoms with Crippen molar-refractivity contribution >= 4 is 34.1 Å². The summed E-state index contributed by atoms with van der Waals surface area (Å²) in [5.41, 5.74) is 3.57. The van der Waals surface area contributed by atoms with E-state index in [1.807, 2.05) is 30.3 Å². The van der Waals surface area contributed by atoms with Gasteiger partial charge >= 0.3 is 11.9 Å². The third-order valence-electron chi connectivity index (χ3n) is 7.23. The Morgan fingerprint density at radius 3 is 2.61 bits per heavy atom. The Morgan fingerprint density at radius 1 is 1.03 bits per heavy atom. The SMILES string of the molecule is CCN1CCN(c2nc(C3=CCCc4cc(OC)ccc43)c3c4c(cccc24)OC(=O)C(=O)O3)CC1. The zero-order chi connectivity index (χ0) is 24.8. The molecule has 184 valence electrons. The quantitative estimate of drug-likeness (QED) is 0.315. The molecule has 0 bridgehead atoms. The van der Waals surface area contributed by atoms with E-state index in [0.717, 1.165) is 79.2 Å². The normalized spacial score (nSPS) is 17.7. The summed E-state index contributed by atoms with van der Waals surface area (Å²) in [6.07, 6.45) is 3.81. The minimum Gasteiger partial charge on any atom is -0.497 e. The van der Waals surface area contributed by atoms with Gasteiger partial charge in [0.15, 0.2) is 5.75 Å². The van der Waals surface area contributed by atoms with Gasteiger partial charge in [0, 0.05) is 37.1 Å². The molecule has 0 radical (unpaired) electrons. The molecular formula is C28H27N3O5. The van der Waals surface area contributed by atoms with E-state index in [0.29, 0.717) is 16.8 Å². The Balaban J connectivity index is 1.59. The molecule has 1 aliphatic carbocycles. The van der Waals surface area contributed by atoms with Crippen molar-refractivity contribution in [2.75, 3.05) is 44.7 Å². The van der Waals surface area contributed by atoms with Gasteiger partial charge in [-0.15, -0.1) is 0 Å². The molecule has 8 nitrogen and oxygen atoms in total. The largest absolute Gasteiger partial charge is 0.497 e. The number of piperazine rings is 1. The number of methoxy groups -OCH3 is 1. The highest BCUT2D eigenvalue weighted by molar-refractivity contribution is 6.32. The fourth-order valence-electron chi connectivity index (χ4n) is 5.32. The maximum atomic E-state index is 12.6. The standard InChI is InChI=1S/C28H27N3O5/c1-3-30-12-14-31(15-13-30)26-21-8-5-9-22-23(21)25(36-28(33)27(32)35-22)24(29-26)20-7-4-6-17-16-18(34-2)10-11-19(17)20/h5,7-11,16H,3-4,6,12-15H2,1-2H3. The molecule has 3 heterocycles. The smallest absolute Gasteiger partial charge is 0.423 e. The van der Waals surface area contributed by atoms with Crippen LogP contribution in [0, 0.1) is 0 Å². The average molecular weight is 486 g/mol. The summed E-state index contributed by atoms with van der Waals surface area (Å²) in [4.78, 5) is 34.8. The molecule has 8 heteroatoms. The number of aryl methyl sites for hydroxylation is 1. The van der Waals surface area contributed by atoms with E-state index in [2.05, 4.69) is 22.8 Å². The van der Waals surface area contributed by atoms with Crippen LogP contribution in [0.4, 0.5) is 5.82 Å². The monoisotopic (exact) mass is 485 g/mol. The van der Waals surface area contributed by atoms with Gasteiger partial charge in [-0.1, -0.05) is 31.2 Å². The van der Waals surface area contributed by atoms with Crippen LogP contribution in [-0.2, 0) is 16.0 Å². The van der Waals surface area contributed by atoms with E-state index in [-0.39, 0.29) is 5.75 Å². The van der Waals surface area contributed by atoms with Gasteiger partial charge in [0.05, 0.1) is 12.5 Å². The zero-order valence-electron chi connectivity index (χ0n) is 20.4. The Kier molecular flexibility index (Phi) is 5.60. The highest BCUT2D eigenvalue weighted by Crippen LogP contribution is 2.46. The Labute approximate surface area is 209 Å². The number of rotatable bonds is 4. The summed E-state index contributed by atoms with van der Waals surface area (Å²) in [6.45, 7) is 6.70. The van der Waals surface area contributed by atoms with Crippen molar-refractivity contribution in [3.8, 4) is 17.2 Å². The first-order valence-corrected chi connectivity index (χ1v) is 12.3. The van der Waals surface area contributed by atoms with E-state index in [4.69, 9.17) is 19.2 Å². The Morgan fingerprint density at radius 2 is 1.83 bits per heavy atom. The van der Waals surface area contributed by atoms with Crippen LogP contribution >= 0.6 is 0 Å². The number of carbonyl (C=O) groups is 2. The number of anilines is 1. The summed E-state index contributed by atoms with van der Waals surface area (Å²) >= 11 is 0. The van der Waals surface area contributed by atoms with Crippen LogP contribution in [0.2, 0.25) is 0 Å². The van der Waals surface area contributed by atoms with E-state index < -0.39 is 11.9 Å². The average Bonchev–Trinajstić information content (AvgIpc) is 3.05. The number of carbonyl (C=O) groups excluding carboxylic acids is 2. The summed E-state index contributed by atoms with van der Waals surface area (Å²) in [7, 11) is 1.66. The van der Waals surface area contributed by atoms with Crippen LogP contribution in [-0.4, -0.2) is 61.7 Å². The highest BCUT2D eigenvalue weighted by Gasteiger charge is 2.33. The van der Waals surface area contributed by atoms with Crippen LogP contribution in [0.15, 0.2) is 42.5 Å². The van der Waals surface area contributed by atoms with Crippen LogP contribution in [0.1, 0.15) is 30.2 Å². The third-order valence-corrected chi connectivity index (χ3v) is 7.23. The lowest BCUT2D eigenvalue weighted by Crippen LogP contribution is -2.46. The zero-order valence-corrected chi connectivity index (χ0v) is 20.4. The van der Waals surface area contributed by atoms with E-state index >= 15 is 0 Å². The van der Waals surface area contributed by atoms with Crippen LogP contribution in [0.25, 0.3) is 16.3 Å². The number of ether oxygens (including phenoxy) is 3. The number of pyridine rings is 1. The molecule has 2 aliphatic heterocycles. The number of benzene rings is 2. The topological polar surface area (TPSA) is 81.2 Å². The van der Waals surface area contributed by atoms with Gasteiger partial charge in [-0.3, -0.25) is 0 Å². The molecule has 0 N–H and O–H groups in total. The molecule has 1 saturated heterocycles. The molecule has 6 rings (SSSR count). The lowest BCUT2D eigenvalue weighted by Gasteiger charge is -2.35. The van der Waals surface area contributed by atoms with Crippen molar-refractivity contribution in [1.82, 2.24) is 9.88 Å². The van der Waals surface area contributed by atoms with Crippen LogP contribution in [0.3, 0.4) is 0 Å². The van der Waals surface area contributed by atoms with Crippen molar-refractivity contribution in [1.29, 1.82) is 0 Å². The van der Waals surface area contributed by atoms with Gasteiger partial charge in [-0.25, -0.2) is 14.6 Å². The van der Waals surface area contributed by atoms with E-state index in [1.165, 1.54) is 0 Å². The van der Waals surface area contributed by atoms with Gasteiger partial charge in [0.2, 0.25) is 0 Å². The second-order valence-corrected chi connectivity index (χ2v) is 9.17. The molecule has 36 heavy (non-hydrogen) atoms. The molecule has 0 atom stereocenters. The summed E-state index contributed by atoms with van der Waals surface area (Å²) < 4.78 is 16.6. The van der Waals surface area contributed by atoms with Gasteiger partial charge in [0.25, 0.3) is 0 Å². The minimum absolute atomic E-state index is 0.266. The number of nitrogens with zero attached hydrogens (tertiary/aromatic N) is 3. The molecule has 2 aromatic carbocycles. The number of esters is 2. The maximum absolute atomic E-state index is 12.6. The van der Waals surface area contributed by atoms with Crippen molar-refractivity contribution in [2.24, 2.45) is 0 Å².